The number of hydrogen-bond acceptors (Lipinski definition) is 5. The SMILES string of the molecule is CC(=O)CSc1nc2scc(-c3ccc(C)c(C)c3)c2c(=O)n1C. The van der Waals surface area contributed by atoms with Crippen molar-refractivity contribution in [1.29, 1.82) is 0 Å². The predicted molar refractivity (Wildman–Crippen MR) is 101 cm³/mol. The van der Waals surface area contributed by atoms with E-state index < -0.39 is 0 Å². The van der Waals surface area contributed by atoms with Crippen molar-refractivity contribution in [3.8, 4) is 11.1 Å². The van der Waals surface area contributed by atoms with E-state index in [0.717, 1.165) is 16.0 Å². The van der Waals surface area contributed by atoms with Crippen LogP contribution in [0.15, 0.2) is 33.5 Å². The molecule has 1 aromatic carbocycles. The van der Waals surface area contributed by atoms with Crippen molar-refractivity contribution in [1.82, 2.24) is 9.55 Å². The van der Waals surface area contributed by atoms with Crippen LogP contribution < -0.4 is 5.56 Å². The number of benzene rings is 1. The molecule has 24 heavy (non-hydrogen) atoms. The number of Topliss-reactive ketones (excluding diaryl/α,β-unsaturated/α-hetero) is 1. The van der Waals surface area contributed by atoms with Crippen LogP contribution in [0.3, 0.4) is 0 Å². The number of carbonyl (C=O) groups is 1. The summed E-state index contributed by atoms with van der Waals surface area (Å²) in [5.74, 6) is 0.387. The highest BCUT2D eigenvalue weighted by Gasteiger charge is 2.16. The van der Waals surface area contributed by atoms with Crippen molar-refractivity contribution in [3.63, 3.8) is 0 Å². The van der Waals surface area contributed by atoms with E-state index >= 15 is 0 Å². The Kier molecular flexibility index (Phi) is 4.60. The van der Waals surface area contributed by atoms with Gasteiger partial charge in [0.15, 0.2) is 5.16 Å². The van der Waals surface area contributed by atoms with Gasteiger partial charge in [0.1, 0.15) is 10.6 Å². The third-order valence-corrected chi connectivity index (χ3v) is 6.04. The number of carbonyl (C=O) groups excluding carboxylic acids is 1. The van der Waals surface area contributed by atoms with Gasteiger partial charge < -0.3 is 0 Å². The van der Waals surface area contributed by atoms with Gasteiger partial charge in [0, 0.05) is 18.0 Å². The van der Waals surface area contributed by atoms with Crippen molar-refractivity contribution in [2.45, 2.75) is 25.9 Å². The number of thioether (sulfide) groups is 1. The zero-order valence-electron chi connectivity index (χ0n) is 14.0. The summed E-state index contributed by atoms with van der Waals surface area (Å²) in [6, 6.07) is 6.22. The van der Waals surface area contributed by atoms with Crippen molar-refractivity contribution >= 4 is 39.1 Å². The van der Waals surface area contributed by atoms with Gasteiger partial charge in [-0.25, -0.2) is 4.98 Å². The van der Waals surface area contributed by atoms with Gasteiger partial charge in [-0.3, -0.25) is 14.2 Å². The fourth-order valence-corrected chi connectivity index (χ4v) is 4.23. The van der Waals surface area contributed by atoms with Crippen molar-refractivity contribution < 1.29 is 4.79 Å². The number of nitrogens with zero attached hydrogens (tertiary/aromatic N) is 2. The average Bonchev–Trinajstić information content (AvgIpc) is 2.96. The Morgan fingerprint density at radius 3 is 2.71 bits per heavy atom. The second-order valence-corrected chi connectivity index (χ2v) is 7.68. The van der Waals surface area contributed by atoms with E-state index in [0.29, 0.717) is 16.3 Å². The third-order valence-electron chi connectivity index (χ3n) is 4.00. The minimum Gasteiger partial charge on any atom is -0.299 e. The maximum atomic E-state index is 12.8. The Hall–Kier alpha value is -1.92. The molecule has 2 aromatic heterocycles. The number of aromatic nitrogens is 2. The number of fused-ring (bicyclic) bond motifs is 1. The Labute approximate surface area is 148 Å². The van der Waals surface area contributed by atoms with Crippen LogP contribution in [-0.2, 0) is 11.8 Å². The molecule has 0 spiro atoms. The highest BCUT2D eigenvalue weighted by molar-refractivity contribution is 7.99. The molecule has 3 rings (SSSR count). The largest absolute Gasteiger partial charge is 0.299 e. The summed E-state index contributed by atoms with van der Waals surface area (Å²) in [7, 11) is 1.71. The molecule has 6 heteroatoms. The number of ketones is 1. The summed E-state index contributed by atoms with van der Waals surface area (Å²) in [6.45, 7) is 5.68. The van der Waals surface area contributed by atoms with Crippen LogP contribution in [0, 0.1) is 13.8 Å². The van der Waals surface area contributed by atoms with Crippen LogP contribution in [0.2, 0.25) is 0 Å². The highest BCUT2D eigenvalue weighted by atomic mass is 32.2. The lowest BCUT2D eigenvalue weighted by Crippen LogP contribution is -2.20. The molecule has 0 atom stereocenters. The van der Waals surface area contributed by atoms with Gasteiger partial charge in [0.2, 0.25) is 0 Å². The molecular formula is C18H18N2O2S2. The quantitative estimate of drug-likeness (QED) is 0.523. The minimum absolute atomic E-state index is 0.0661. The molecule has 0 fully saturated rings. The predicted octanol–water partition coefficient (Wildman–Crippen LogP) is 3.96. The van der Waals surface area contributed by atoms with Gasteiger partial charge in [-0.2, -0.15) is 0 Å². The first-order valence-electron chi connectivity index (χ1n) is 7.56. The topological polar surface area (TPSA) is 52.0 Å². The smallest absolute Gasteiger partial charge is 0.263 e. The zero-order chi connectivity index (χ0) is 17.4. The molecule has 124 valence electrons. The molecule has 2 heterocycles. The van der Waals surface area contributed by atoms with Crippen LogP contribution in [0.4, 0.5) is 0 Å². The third kappa shape index (κ3) is 3.03. The van der Waals surface area contributed by atoms with E-state index in [4.69, 9.17) is 0 Å². The van der Waals surface area contributed by atoms with Crippen LogP contribution in [0.5, 0.6) is 0 Å². The average molecular weight is 358 g/mol. The van der Waals surface area contributed by atoms with Crippen molar-refractivity contribution in [2.24, 2.45) is 7.05 Å². The first-order valence-corrected chi connectivity index (χ1v) is 9.43. The molecule has 4 nitrogen and oxygen atoms in total. The van der Waals surface area contributed by atoms with E-state index in [-0.39, 0.29) is 11.3 Å². The van der Waals surface area contributed by atoms with Gasteiger partial charge in [-0.05, 0) is 37.5 Å². The summed E-state index contributed by atoms with van der Waals surface area (Å²) < 4.78 is 1.53. The van der Waals surface area contributed by atoms with Gasteiger partial charge in [-0.15, -0.1) is 11.3 Å². The molecule has 0 aliphatic rings. The Balaban J connectivity index is 2.16. The van der Waals surface area contributed by atoms with Crippen molar-refractivity contribution in [2.75, 3.05) is 5.75 Å². The second-order valence-electron chi connectivity index (χ2n) is 5.88. The molecule has 0 N–H and O–H groups in total. The first kappa shape index (κ1) is 16.9. The summed E-state index contributed by atoms with van der Waals surface area (Å²) in [4.78, 5) is 29.3. The molecule has 0 saturated carbocycles. The Bertz CT molecular complexity index is 1000. The van der Waals surface area contributed by atoms with E-state index in [9.17, 15) is 9.59 Å². The molecule has 0 aliphatic carbocycles. The van der Waals surface area contributed by atoms with Gasteiger partial charge in [0.05, 0.1) is 11.1 Å². The Morgan fingerprint density at radius 2 is 2.04 bits per heavy atom. The first-order chi connectivity index (χ1) is 11.4. The van der Waals surface area contributed by atoms with E-state index in [1.807, 2.05) is 11.4 Å². The molecule has 0 radical (unpaired) electrons. The maximum absolute atomic E-state index is 12.8. The maximum Gasteiger partial charge on any atom is 0.263 e. The molecular weight excluding hydrogens is 340 g/mol. The number of thiophene rings is 1. The minimum atomic E-state index is -0.0690. The normalized spacial score (nSPS) is 11.2. The van der Waals surface area contributed by atoms with Gasteiger partial charge in [-0.1, -0.05) is 30.0 Å². The summed E-state index contributed by atoms with van der Waals surface area (Å²) in [5.41, 5.74) is 4.32. The van der Waals surface area contributed by atoms with E-state index in [2.05, 4.69) is 31.0 Å². The standard InChI is InChI=1S/C18H18N2O2S2/c1-10-5-6-13(7-11(10)2)14-9-23-16-15(14)17(22)20(4)18(19-16)24-8-12(3)21/h5-7,9H,8H2,1-4H3. The summed E-state index contributed by atoms with van der Waals surface area (Å²) >= 11 is 2.77. The second kappa shape index (κ2) is 6.53. The van der Waals surface area contributed by atoms with Gasteiger partial charge >= 0.3 is 0 Å². The number of rotatable bonds is 4. The molecule has 0 saturated heterocycles. The fourth-order valence-electron chi connectivity index (χ4n) is 2.47. The lowest BCUT2D eigenvalue weighted by molar-refractivity contribution is -0.114. The van der Waals surface area contributed by atoms with Gasteiger partial charge in [0.25, 0.3) is 5.56 Å². The lowest BCUT2D eigenvalue weighted by Gasteiger charge is -2.08. The zero-order valence-corrected chi connectivity index (χ0v) is 15.7. The van der Waals surface area contributed by atoms with Crippen LogP contribution in [-0.4, -0.2) is 21.1 Å². The van der Waals surface area contributed by atoms with Crippen LogP contribution in [0.25, 0.3) is 21.3 Å². The van der Waals surface area contributed by atoms with E-state index in [1.165, 1.54) is 45.7 Å². The number of aryl methyl sites for hydroxylation is 2. The van der Waals surface area contributed by atoms with E-state index in [1.54, 1.807) is 7.05 Å². The molecule has 3 aromatic rings. The van der Waals surface area contributed by atoms with Crippen LogP contribution >= 0.6 is 23.1 Å². The highest BCUT2D eigenvalue weighted by Crippen LogP contribution is 2.32. The molecule has 0 aliphatic heterocycles. The Morgan fingerprint density at radius 1 is 1.29 bits per heavy atom. The van der Waals surface area contributed by atoms with Crippen LogP contribution in [0.1, 0.15) is 18.1 Å². The summed E-state index contributed by atoms with van der Waals surface area (Å²) in [6.07, 6.45) is 0. The summed E-state index contributed by atoms with van der Waals surface area (Å²) in [5, 5.41) is 3.22. The monoisotopic (exact) mass is 358 g/mol. The molecule has 0 unspecified atom stereocenters. The lowest BCUT2D eigenvalue weighted by atomic mass is 10.0. The number of hydrogen-bond donors (Lipinski definition) is 0. The fraction of sp³-hybridized carbons (Fsp3) is 0.278. The molecule has 0 amide bonds. The molecule has 0 bridgehead atoms. The van der Waals surface area contributed by atoms with Crippen molar-refractivity contribution in [3.05, 3.63) is 45.1 Å².